The first kappa shape index (κ1) is 21.0. The third kappa shape index (κ3) is 7.07. The van der Waals surface area contributed by atoms with Gasteiger partial charge in [-0.1, -0.05) is 6.92 Å². The summed E-state index contributed by atoms with van der Waals surface area (Å²) in [7, 11) is 1.72. The lowest BCUT2D eigenvalue weighted by Crippen LogP contribution is -2.50. The molecule has 0 radical (unpaired) electrons. The molecule has 2 amide bonds. The number of anilines is 1. The van der Waals surface area contributed by atoms with Crippen LogP contribution in [0.1, 0.15) is 20.3 Å². The zero-order valence-electron chi connectivity index (χ0n) is 16.2. The molecule has 1 aliphatic heterocycles. The molecule has 150 valence electrons. The van der Waals surface area contributed by atoms with Crippen LogP contribution in [0.5, 0.6) is 5.75 Å². The third-order valence-corrected chi connectivity index (χ3v) is 4.36. The molecule has 2 rings (SSSR count). The smallest absolute Gasteiger partial charge is 0.322 e. The van der Waals surface area contributed by atoms with E-state index in [1.54, 1.807) is 16.8 Å². The van der Waals surface area contributed by atoms with E-state index in [0.717, 1.165) is 12.2 Å². The van der Waals surface area contributed by atoms with E-state index in [2.05, 4.69) is 12.2 Å². The van der Waals surface area contributed by atoms with Crippen LogP contribution in [0.3, 0.4) is 0 Å². The van der Waals surface area contributed by atoms with E-state index in [-0.39, 0.29) is 24.8 Å². The van der Waals surface area contributed by atoms with Crippen LogP contribution in [0.25, 0.3) is 0 Å². The summed E-state index contributed by atoms with van der Waals surface area (Å²) in [4.78, 5) is 26.6. The van der Waals surface area contributed by atoms with Gasteiger partial charge in [-0.2, -0.15) is 0 Å². The van der Waals surface area contributed by atoms with Gasteiger partial charge in [-0.25, -0.2) is 4.79 Å². The van der Waals surface area contributed by atoms with Gasteiger partial charge in [0.05, 0.1) is 25.4 Å². The summed E-state index contributed by atoms with van der Waals surface area (Å²) in [5, 5.41) is 11.7. The average molecular weight is 379 g/mol. The number of amides is 2. The number of carbonyl (C=O) groups is 2. The summed E-state index contributed by atoms with van der Waals surface area (Å²) in [5.41, 5.74) is 0.697. The van der Waals surface area contributed by atoms with E-state index < -0.39 is 5.97 Å². The summed E-state index contributed by atoms with van der Waals surface area (Å²) >= 11 is 0. The van der Waals surface area contributed by atoms with Crippen molar-refractivity contribution in [3.8, 4) is 5.75 Å². The van der Waals surface area contributed by atoms with E-state index in [4.69, 9.17) is 14.6 Å². The zero-order valence-corrected chi connectivity index (χ0v) is 16.2. The minimum Gasteiger partial charge on any atom is -0.491 e. The SMILES string of the molecule is CCC(C)Oc1ccc(NC(=O)N2CCOC(CN(C)CC(=O)O)C2)cc1. The number of nitrogens with one attached hydrogen (secondary N) is 1. The minimum atomic E-state index is -0.885. The van der Waals surface area contributed by atoms with E-state index in [1.807, 2.05) is 31.2 Å². The number of hydrogen-bond acceptors (Lipinski definition) is 5. The number of carbonyl (C=O) groups excluding carboxylic acids is 1. The molecule has 1 aromatic rings. The standard InChI is InChI=1S/C19H29N3O5/c1-4-14(2)27-16-7-5-15(6-8-16)20-19(25)22-9-10-26-17(12-22)11-21(3)13-18(23)24/h5-8,14,17H,4,9-13H2,1-3H3,(H,20,25)(H,23,24). The number of rotatable bonds is 8. The molecule has 0 aromatic heterocycles. The summed E-state index contributed by atoms with van der Waals surface area (Å²) in [6.07, 6.45) is 0.869. The Morgan fingerprint density at radius 1 is 1.41 bits per heavy atom. The molecule has 1 aromatic carbocycles. The fourth-order valence-electron chi connectivity index (χ4n) is 2.79. The number of likely N-dealkylation sites (N-methyl/N-ethyl adjacent to an activating group) is 1. The van der Waals surface area contributed by atoms with Gasteiger partial charge in [-0.3, -0.25) is 9.69 Å². The summed E-state index contributed by atoms with van der Waals surface area (Å²) in [6.45, 7) is 5.83. The number of morpholine rings is 1. The second-order valence-corrected chi connectivity index (χ2v) is 6.82. The molecule has 27 heavy (non-hydrogen) atoms. The number of carboxylic acids is 1. The molecule has 0 spiro atoms. The van der Waals surface area contributed by atoms with Gasteiger partial charge in [-0.05, 0) is 44.7 Å². The van der Waals surface area contributed by atoms with Crippen LogP contribution in [0.15, 0.2) is 24.3 Å². The highest BCUT2D eigenvalue weighted by Gasteiger charge is 2.25. The van der Waals surface area contributed by atoms with Gasteiger partial charge in [0.25, 0.3) is 0 Å². The maximum atomic E-state index is 12.5. The maximum absolute atomic E-state index is 12.5. The van der Waals surface area contributed by atoms with Crippen molar-refractivity contribution in [2.24, 2.45) is 0 Å². The first-order valence-corrected chi connectivity index (χ1v) is 9.22. The zero-order chi connectivity index (χ0) is 19.8. The number of ether oxygens (including phenoxy) is 2. The Kier molecular flexibility index (Phi) is 7.87. The predicted octanol–water partition coefficient (Wildman–Crippen LogP) is 2.11. The highest BCUT2D eigenvalue weighted by atomic mass is 16.5. The van der Waals surface area contributed by atoms with Crippen LogP contribution < -0.4 is 10.1 Å². The molecular formula is C19H29N3O5. The molecule has 2 N–H and O–H groups in total. The highest BCUT2D eigenvalue weighted by Crippen LogP contribution is 2.18. The average Bonchev–Trinajstić information content (AvgIpc) is 2.62. The van der Waals surface area contributed by atoms with Crippen molar-refractivity contribution in [3.05, 3.63) is 24.3 Å². The van der Waals surface area contributed by atoms with Crippen LogP contribution in [-0.4, -0.2) is 78.9 Å². The van der Waals surface area contributed by atoms with E-state index in [1.165, 1.54) is 0 Å². The highest BCUT2D eigenvalue weighted by molar-refractivity contribution is 5.89. The number of carboxylic acid groups (broad SMARTS) is 1. The lowest BCUT2D eigenvalue weighted by Gasteiger charge is -2.34. The van der Waals surface area contributed by atoms with Gasteiger partial charge >= 0.3 is 12.0 Å². The molecule has 1 fully saturated rings. The number of urea groups is 1. The van der Waals surface area contributed by atoms with Gasteiger partial charge in [0.1, 0.15) is 5.75 Å². The molecule has 1 heterocycles. The summed E-state index contributed by atoms with van der Waals surface area (Å²) in [6, 6.07) is 7.11. The Morgan fingerprint density at radius 2 is 2.11 bits per heavy atom. The first-order valence-electron chi connectivity index (χ1n) is 9.22. The molecular weight excluding hydrogens is 350 g/mol. The molecule has 2 unspecified atom stereocenters. The summed E-state index contributed by atoms with van der Waals surface area (Å²) < 4.78 is 11.4. The van der Waals surface area contributed by atoms with Gasteiger partial charge in [0.2, 0.25) is 0 Å². The second kappa shape index (κ2) is 10.1. The molecule has 1 aliphatic rings. The minimum absolute atomic E-state index is 0.0584. The number of nitrogens with zero attached hydrogens (tertiary/aromatic N) is 2. The largest absolute Gasteiger partial charge is 0.491 e. The first-order chi connectivity index (χ1) is 12.9. The quantitative estimate of drug-likeness (QED) is 0.719. The Labute approximate surface area is 160 Å². The van der Waals surface area contributed by atoms with Crippen molar-refractivity contribution >= 4 is 17.7 Å². The Morgan fingerprint density at radius 3 is 2.74 bits per heavy atom. The Balaban J connectivity index is 1.85. The normalized spacial score (nSPS) is 18.2. The number of benzene rings is 1. The predicted molar refractivity (Wildman–Crippen MR) is 102 cm³/mol. The number of hydrogen-bond donors (Lipinski definition) is 2. The molecule has 0 bridgehead atoms. The van der Waals surface area contributed by atoms with Crippen LogP contribution in [0, 0.1) is 0 Å². The molecule has 8 heteroatoms. The van der Waals surface area contributed by atoms with Gasteiger partial charge in [0, 0.05) is 25.3 Å². The molecule has 0 saturated carbocycles. The van der Waals surface area contributed by atoms with E-state index in [9.17, 15) is 9.59 Å². The lowest BCUT2D eigenvalue weighted by atomic mass is 10.2. The fraction of sp³-hybridized carbons (Fsp3) is 0.579. The van der Waals surface area contributed by atoms with Gasteiger partial charge < -0.3 is 24.8 Å². The van der Waals surface area contributed by atoms with Crippen LogP contribution >= 0.6 is 0 Å². The van der Waals surface area contributed by atoms with Crippen LogP contribution in [0.2, 0.25) is 0 Å². The van der Waals surface area contributed by atoms with Gasteiger partial charge in [0.15, 0.2) is 0 Å². The van der Waals surface area contributed by atoms with Gasteiger partial charge in [-0.15, -0.1) is 0 Å². The number of aliphatic carboxylic acids is 1. The molecule has 2 atom stereocenters. The van der Waals surface area contributed by atoms with Crippen molar-refractivity contribution in [2.75, 3.05) is 45.2 Å². The lowest BCUT2D eigenvalue weighted by molar-refractivity contribution is -0.138. The molecule has 1 saturated heterocycles. The monoisotopic (exact) mass is 379 g/mol. The fourth-order valence-corrected chi connectivity index (χ4v) is 2.79. The van der Waals surface area contributed by atoms with Crippen LogP contribution in [-0.2, 0) is 9.53 Å². The van der Waals surface area contributed by atoms with E-state index in [0.29, 0.717) is 31.9 Å². The van der Waals surface area contributed by atoms with Crippen molar-refractivity contribution in [2.45, 2.75) is 32.5 Å². The van der Waals surface area contributed by atoms with Crippen molar-refractivity contribution < 1.29 is 24.2 Å². The molecule has 0 aliphatic carbocycles. The summed E-state index contributed by atoms with van der Waals surface area (Å²) in [5.74, 6) is -0.112. The second-order valence-electron chi connectivity index (χ2n) is 6.82. The van der Waals surface area contributed by atoms with E-state index >= 15 is 0 Å². The molecule has 8 nitrogen and oxygen atoms in total. The van der Waals surface area contributed by atoms with Crippen LogP contribution in [0.4, 0.5) is 10.5 Å². The van der Waals surface area contributed by atoms with Crippen molar-refractivity contribution in [1.82, 2.24) is 9.80 Å². The Hall–Kier alpha value is -2.32. The maximum Gasteiger partial charge on any atom is 0.322 e. The van der Waals surface area contributed by atoms with Crippen molar-refractivity contribution in [1.29, 1.82) is 0 Å². The Bertz CT molecular complexity index is 622. The van der Waals surface area contributed by atoms with Crippen molar-refractivity contribution in [3.63, 3.8) is 0 Å². The topological polar surface area (TPSA) is 91.3 Å². The third-order valence-electron chi connectivity index (χ3n) is 4.36.